The molecule has 0 amide bonds. The fourth-order valence-corrected chi connectivity index (χ4v) is 3.47. The van der Waals surface area contributed by atoms with Crippen molar-refractivity contribution in [2.24, 2.45) is 0 Å². The Kier molecular flexibility index (Phi) is 6.73. The van der Waals surface area contributed by atoms with Gasteiger partial charge < -0.3 is 14.5 Å². The van der Waals surface area contributed by atoms with E-state index in [-0.39, 0.29) is 24.2 Å². The van der Waals surface area contributed by atoms with Crippen molar-refractivity contribution < 1.29 is 19.1 Å². The Morgan fingerprint density at radius 1 is 0.968 bits per heavy atom. The maximum atomic E-state index is 12.6. The van der Waals surface area contributed by atoms with Crippen LogP contribution < -0.4 is 9.80 Å². The van der Waals surface area contributed by atoms with E-state index in [2.05, 4.69) is 0 Å². The van der Waals surface area contributed by atoms with E-state index in [4.69, 9.17) is 16.3 Å². The van der Waals surface area contributed by atoms with Crippen molar-refractivity contribution in [3.63, 3.8) is 0 Å². The lowest BCUT2D eigenvalue weighted by atomic mass is 10.1. The monoisotopic (exact) mass is 437 g/mol. The number of esters is 1. The molecule has 1 aliphatic heterocycles. The third-order valence-corrected chi connectivity index (χ3v) is 5.19. The van der Waals surface area contributed by atoms with Crippen LogP contribution in [0.5, 0.6) is 0 Å². The Hall–Kier alpha value is -3.63. The number of rotatable bonds is 7. The Labute approximate surface area is 185 Å². The summed E-state index contributed by atoms with van der Waals surface area (Å²) in [6.07, 6.45) is -0.222. The van der Waals surface area contributed by atoms with Gasteiger partial charge in [-0.2, -0.15) is 5.26 Å². The van der Waals surface area contributed by atoms with Gasteiger partial charge in [-0.25, -0.2) is 0 Å². The molecule has 7 nitrogen and oxygen atoms in total. The number of carbonyl (C=O) groups excluding carboxylic acids is 3. The minimum atomic E-state index is -0.686. The number of benzene rings is 2. The van der Waals surface area contributed by atoms with Crippen LogP contribution in [0, 0.1) is 11.3 Å². The van der Waals surface area contributed by atoms with Gasteiger partial charge >= 0.3 is 5.97 Å². The predicted octanol–water partition coefficient (Wildman–Crippen LogP) is 3.74. The second kappa shape index (κ2) is 9.45. The summed E-state index contributed by atoms with van der Waals surface area (Å²) in [6, 6.07) is 15.8. The number of nitriles is 1. The first-order valence-corrected chi connectivity index (χ1v) is 9.89. The second-order valence-corrected chi connectivity index (χ2v) is 7.37. The summed E-state index contributed by atoms with van der Waals surface area (Å²) in [5.74, 6) is -1.11. The molecule has 31 heavy (non-hydrogen) atoms. The van der Waals surface area contributed by atoms with Gasteiger partial charge in [-0.3, -0.25) is 14.4 Å². The molecule has 1 aliphatic rings. The van der Waals surface area contributed by atoms with Crippen LogP contribution in [0.4, 0.5) is 11.4 Å². The van der Waals surface area contributed by atoms with Crippen LogP contribution in [0.2, 0.25) is 5.02 Å². The number of nitrogens with zero attached hydrogens (tertiary/aromatic N) is 3. The molecule has 0 fully saturated rings. The summed E-state index contributed by atoms with van der Waals surface area (Å²) >= 11 is 5.79. The Morgan fingerprint density at radius 3 is 2.10 bits per heavy atom. The third kappa shape index (κ3) is 4.76. The lowest BCUT2D eigenvalue weighted by Crippen LogP contribution is -2.27. The molecular weight excluding hydrogens is 418 g/mol. The molecule has 2 aromatic rings. The Morgan fingerprint density at radius 2 is 1.55 bits per heavy atom. The van der Waals surface area contributed by atoms with Crippen molar-refractivity contribution in [1.29, 1.82) is 5.26 Å². The third-order valence-electron chi connectivity index (χ3n) is 4.94. The maximum absolute atomic E-state index is 12.6. The zero-order chi connectivity index (χ0) is 22.5. The first-order valence-electron chi connectivity index (χ1n) is 9.52. The summed E-state index contributed by atoms with van der Waals surface area (Å²) in [4.78, 5) is 40.2. The molecule has 0 spiro atoms. The molecule has 0 saturated heterocycles. The van der Waals surface area contributed by atoms with E-state index >= 15 is 0 Å². The quantitative estimate of drug-likeness (QED) is 0.282. The molecule has 0 aromatic heterocycles. The molecule has 0 bridgehead atoms. The number of para-hydroxylation sites is 2. The highest BCUT2D eigenvalue weighted by atomic mass is 35.5. The topological polar surface area (TPSA) is 90.7 Å². The molecule has 0 aliphatic carbocycles. The number of hydrogen-bond acceptors (Lipinski definition) is 7. The van der Waals surface area contributed by atoms with Gasteiger partial charge in [-0.1, -0.05) is 23.7 Å². The van der Waals surface area contributed by atoms with Crippen LogP contribution in [-0.2, 0) is 14.3 Å². The van der Waals surface area contributed by atoms with E-state index in [9.17, 15) is 19.6 Å². The van der Waals surface area contributed by atoms with Crippen LogP contribution in [0.3, 0.4) is 0 Å². The summed E-state index contributed by atoms with van der Waals surface area (Å²) in [5.41, 5.74) is 2.06. The van der Waals surface area contributed by atoms with Crippen LogP contribution >= 0.6 is 11.6 Å². The molecule has 0 N–H and O–H groups in total. The van der Waals surface area contributed by atoms with Gasteiger partial charge in [0.2, 0.25) is 5.78 Å². The van der Waals surface area contributed by atoms with E-state index in [1.54, 1.807) is 48.2 Å². The fraction of sp³-hybridized carbons (Fsp3) is 0.217. The largest absolute Gasteiger partial charge is 0.457 e. The Bertz CT molecular complexity index is 1070. The smallest absolute Gasteiger partial charge is 0.306 e. The van der Waals surface area contributed by atoms with E-state index in [0.717, 1.165) is 11.4 Å². The molecular formula is C23H20ClN3O4. The van der Waals surface area contributed by atoms with Crippen molar-refractivity contribution in [3.05, 3.63) is 70.5 Å². The van der Waals surface area contributed by atoms with E-state index in [0.29, 0.717) is 16.4 Å². The number of ketones is 2. The normalized spacial score (nSPS) is 12.3. The first kappa shape index (κ1) is 22.1. The number of anilines is 2. The molecule has 1 heterocycles. The van der Waals surface area contributed by atoms with Gasteiger partial charge in [0.05, 0.1) is 17.8 Å². The maximum Gasteiger partial charge on any atom is 0.306 e. The van der Waals surface area contributed by atoms with E-state index < -0.39 is 18.4 Å². The molecule has 158 valence electrons. The van der Waals surface area contributed by atoms with Crippen LogP contribution in [-0.4, -0.2) is 38.2 Å². The van der Waals surface area contributed by atoms with Crippen molar-refractivity contribution in [2.45, 2.75) is 12.8 Å². The summed E-state index contributed by atoms with van der Waals surface area (Å²) in [5, 5.41) is 10.1. The SMILES string of the molecule is CN1C(=C(C#N)C(=O)COC(=O)CCC(=O)c2ccc(Cl)cc2)N(C)c2ccccc21. The molecule has 0 saturated carbocycles. The van der Waals surface area contributed by atoms with Crippen molar-refractivity contribution in [1.82, 2.24) is 0 Å². The van der Waals surface area contributed by atoms with Crippen molar-refractivity contribution >= 4 is 40.5 Å². The number of halogens is 1. The first-order chi connectivity index (χ1) is 14.8. The lowest BCUT2D eigenvalue weighted by molar-refractivity contribution is -0.147. The van der Waals surface area contributed by atoms with E-state index in [1.165, 1.54) is 0 Å². The number of Topliss-reactive ketones (excluding diaryl/α,β-unsaturated/α-hetero) is 2. The van der Waals surface area contributed by atoms with Gasteiger partial charge in [0.15, 0.2) is 12.4 Å². The lowest BCUT2D eigenvalue weighted by Gasteiger charge is -2.19. The van der Waals surface area contributed by atoms with E-state index in [1.807, 2.05) is 30.3 Å². The molecule has 3 rings (SSSR count). The predicted molar refractivity (Wildman–Crippen MR) is 117 cm³/mol. The molecule has 0 unspecified atom stereocenters. The number of carbonyl (C=O) groups is 3. The summed E-state index contributed by atoms with van der Waals surface area (Å²) < 4.78 is 5.02. The zero-order valence-corrected chi connectivity index (χ0v) is 17.8. The van der Waals surface area contributed by atoms with Gasteiger partial charge in [0.1, 0.15) is 17.5 Å². The van der Waals surface area contributed by atoms with Crippen LogP contribution in [0.25, 0.3) is 0 Å². The zero-order valence-electron chi connectivity index (χ0n) is 17.1. The highest BCUT2D eigenvalue weighted by Crippen LogP contribution is 2.40. The highest BCUT2D eigenvalue weighted by Gasteiger charge is 2.31. The fourth-order valence-electron chi connectivity index (χ4n) is 3.34. The van der Waals surface area contributed by atoms with Gasteiger partial charge in [-0.15, -0.1) is 0 Å². The molecule has 2 aromatic carbocycles. The standard InChI is InChI=1S/C23H20ClN3O4/c1-26-18-5-3-4-6-19(18)27(2)23(26)17(13-25)21(29)14-31-22(30)12-11-20(28)15-7-9-16(24)10-8-15/h3-10H,11-12,14H2,1-2H3. The molecule has 0 radical (unpaired) electrons. The minimum Gasteiger partial charge on any atom is -0.457 e. The Balaban J connectivity index is 1.60. The van der Waals surface area contributed by atoms with Gasteiger partial charge in [0.25, 0.3) is 0 Å². The average molecular weight is 438 g/mol. The molecule has 0 atom stereocenters. The van der Waals surface area contributed by atoms with Crippen molar-refractivity contribution in [3.8, 4) is 6.07 Å². The summed E-state index contributed by atoms with van der Waals surface area (Å²) in [6.45, 7) is -0.571. The minimum absolute atomic E-state index is 0.0539. The number of fused-ring (bicyclic) bond motifs is 1. The average Bonchev–Trinajstić information content (AvgIpc) is 3.02. The van der Waals surface area contributed by atoms with Crippen LogP contribution in [0.1, 0.15) is 23.2 Å². The number of ether oxygens (including phenoxy) is 1. The number of hydrogen-bond donors (Lipinski definition) is 0. The van der Waals surface area contributed by atoms with Gasteiger partial charge in [-0.05, 0) is 36.4 Å². The second-order valence-electron chi connectivity index (χ2n) is 6.93. The van der Waals surface area contributed by atoms with Gasteiger partial charge in [0, 0.05) is 31.1 Å². The molecule has 8 heteroatoms. The van der Waals surface area contributed by atoms with Crippen LogP contribution in [0.15, 0.2) is 59.9 Å². The highest BCUT2D eigenvalue weighted by molar-refractivity contribution is 6.30. The van der Waals surface area contributed by atoms with Crippen molar-refractivity contribution in [2.75, 3.05) is 30.5 Å². The summed E-state index contributed by atoms with van der Waals surface area (Å²) in [7, 11) is 3.52.